The number of fused-ring (bicyclic) bond motifs is 2. The van der Waals surface area contributed by atoms with Crippen LogP contribution in [-0.2, 0) is 6.42 Å². The summed E-state index contributed by atoms with van der Waals surface area (Å²) in [5.41, 5.74) is 5.78. The van der Waals surface area contributed by atoms with E-state index in [1.807, 2.05) is 0 Å². The van der Waals surface area contributed by atoms with E-state index in [9.17, 15) is 0 Å². The van der Waals surface area contributed by atoms with Crippen LogP contribution < -0.4 is 5.32 Å². The zero-order chi connectivity index (χ0) is 12.5. The summed E-state index contributed by atoms with van der Waals surface area (Å²) in [4.78, 5) is 0. The molecule has 0 heterocycles. The molecule has 0 atom stereocenters. The van der Waals surface area contributed by atoms with E-state index in [1.165, 1.54) is 22.3 Å². The van der Waals surface area contributed by atoms with Crippen LogP contribution in [0.1, 0.15) is 42.1 Å². The molecular formula is C17H19N. The Hall–Kier alpha value is -1.60. The number of nitrogens with one attached hydrogen (secondary N) is 1. The molecule has 2 aromatic rings. The highest BCUT2D eigenvalue weighted by Crippen LogP contribution is 2.34. The minimum Gasteiger partial charge on any atom is -0.304 e. The molecule has 1 heteroatoms. The third-order valence-corrected chi connectivity index (χ3v) is 3.61. The molecule has 1 nitrogen and oxygen atoms in total. The fourth-order valence-electron chi connectivity index (χ4n) is 2.84. The maximum Gasteiger partial charge on any atom is 0.0584 e. The smallest absolute Gasteiger partial charge is 0.0584 e. The highest BCUT2D eigenvalue weighted by Gasteiger charge is 2.24. The first-order valence-electron chi connectivity index (χ1n) is 6.67. The van der Waals surface area contributed by atoms with Crippen LogP contribution in [0.4, 0.5) is 0 Å². The quantitative estimate of drug-likeness (QED) is 0.840. The van der Waals surface area contributed by atoms with Crippen molar-refractivity contribution in [1.82, 2.24) is 5.32 Å². The first-order valence-corrected chi connectivity index (χ1v) is 6.67. The van der Waals surface area contributed by atoms with Crippen LogP contribution in [0, 0.1) is 0 Å². The summed E-state index contributed by atoms with van der Waals surface area (Å²) in [7, 11) is 0. The van der Waals surface area contributed by atoms with Gasteiger partial charge in [0.1, 0.15) is 0 Å². The standard InChI is InChI=1S/C17H19N/c1-12(2)18-17-15-9-5-3-7-13(15)11-14-8-4-6-10-16(14)17/h3-10,12,17-18H,11H2,1-2H3. The van der Waals surface area contributed by atoms with Gasteiger partial charge in [-0.3, -0.25) is 0 Å². The molecular weight excluding hydrogens is 218 g/mol. The SMILES string of the molecule is CC(C)NC1c2ccccc2Cc2ccccc21. The van der Waals surface area contributed by atoms with Crippen LogP contribution in [0.15, 0.2) is 48.5 Å². The Bertz CT molecular complexity index is 512. The Morgan fingerprint density at radius 2 is 1.39 bits per heavy atom. The van der Waals surface area contributed by atoms with Crippen molar-refractivity contribution in [3.8, 4) is 0 Å². The van der Waals surface area contributed by atoms with Gasteiger partial charge in [0.15, 0.2) is 0 Å². The van der Waals surface area contributed by atoms with Crippen molar-refractivity contribution in [3.63, 3.8) is 0 Å². The molecule has 0 aromatic heterocycles. The molecule has 3 rings (SSSR count). The molecule has 0 fully saturated rings. The van der Waals surface area contributed by atoms with Crippen LogP contribution in [0.3, 0.4) is 0 Å². The third-order valence-electron chi connectivity index (χ3n) is 3.61. The summed E-state index contributed by atoms with van der Waals surface area (Å²) in [6, 6.07) is 18.4. The fraction of sp³-hybridized carbons (Fsp3) is 0.294. The molecule has 0 radical (unpaired) electrons. The van der Waals surface area contributed by atoms with Crippen molar-refractivity contribution < 1.29 is 0 Å². The lowest BCUT2D eigenvalue weighted by molar-refractivity contribution is 0.518. The normalized spacial score (nSPS) is 14.4. The molecule has 0 amide bonds. The Kier molecular flexibility index (Phi) is 2.92. The van der Waals surface area contributed by atoms with Gasteiger partial charge in [0.25, 0.3) is 0 Å². The van der Waals surface area contributed by atoms with Gasteiger partial charge in [-0.1, -0.05) is 48.5 Å². The average Bonchev–Trinajstić information content (AvgIpc) is 2.38. The van der Waals surface area contributed by atoms with E-state index in [0.29, 0.717) is 12.1 Å². The first kappa shape index (κ1) is 11.5. The summed E-state index contributed by atoms with van der Waals surface area (Å²) in [6.45, 7) is 4.42. The van der Waals surface area contributed by atoms with Gasteiger partial charge in [0, 0.05) is 6.04 Å². The fourth-order valence-corrected chi connectivity index (χ4v) is 2.84. The van der Waals surface area contributed by atoms with Gasteiger partial charge in [-0.15, -0.1) is 0 Å². The van der Waals surface area contributed by atoms with Crippen molar-refractivity contribution in [2.24, 2.45) is 0 Å². The van der Waals surface area contributed by atoms with Crippen LogP contribution in [0.5, 0.6) is 0 Å². The summed E-state index contributed by atoms with van der Waals surface area (Å²) >= 11 is 0. The molecule has 0 bridgehead atoms. The largest absolute Gasteiger partial charge is 0.304 e. The molecule has 0 unspecified atom stereocenters. The van der Waals surface area contributed by atoms with Gasteiger partial charge < -0.3 is 5.32 Å². The van der Waals surface area contributed by atoms with Crippen LogP contribution in [0.2, 0.25) is 0 Å². The molecule has 1 aliphatic rings. The molecule has 92 valence electrons. The molecule has 2 aromatic carbocycles. The lowest BCUT2D eigenvalue weighted by Crippen LogP contribution is -2.32. The maximum absolute atomic E-state index is 3.69. The number of hydrogen-bond acceptors (Lipinski definition) is 1. The second kappa shape index (κ2) is 4.58. The predicted molar refractivity (Wildman–Crippen MR) is 75.8 cm³/mol. The maximum atomic E-state index is 3.69. The van der Waals surface area contributed by atoms with E-state index < -0.39 is 0 Å². The molecule has 1 N–H and O–H groups in total. The van der Waals surface area contributed by atoms with Gasteiger partial charge in [-0.25, -0.2) is 0 Å². The predicted octanol–water partition coefficient (Wildman–Crippen LogP) is 3.68. The van der Waals surface area contributed by atoms with Crippen molar-refractivity contribution in [3.05, 3.63) is 70.8 Å². The van der Waals surface area contributed by atoms with Crippen LogP contribution in [-0.4, -0.2) is 6.04 Å². The van der Waals surface area contributed by atoms with E-state index >= 15 is 0 Å². The van der Waals surface area contributed by atoms with E-state index in [0.717, 1.165) is 6.42 Å². The zero-order valence-electron chi connectivity index (χ0n) is 11.0. The monoisotopic (exact) mass is 237 g/mol. The number of benzene rings is 2. The Morgan fingerprint density at radius 1 is 0.889 bits per heavy atom. The topological polar surface area (TPSA) is 12.0 Å². The molecule has 18 heavy (non-hydrogen) atoms. The molecule has 0 saturated heterocycles. The average molecular weight is 237 g/mol. The highest BCUT2D eigenvalue weighted by molar-refractivity contribution is 5.48. The Labute approximate surface area is 109 Å². The molecule has 1 aliphatic carbocycles. The van der Waals surface area contributed by atoms with Gasteiger partial charge in [-0.05, 0) is 42.5 Å². The van der Waals surface area contributed by atoms with Gasteiger partial charge in [-0.2, -0.15) is 0 Å². The summed E-state index contributed by atoms with van der Waals surface area (Å²) in [5, 5.41) is 3.69. The lowest BCUT2D eigenvalue weighted by Gasteiger charge is -2.30. The van der Waals surface area contributed by atoms with E-state index in [2.05, 4.69) is 67.7 Å². The van der Waals surface area contributed by atoms with Crippen molar-refractivity contribution >= 4 is 0 Å². The van der Waals surface area contributed by atoms with Gasteiger partial charge >= 0.3 is 0 Å². The summed E-state index contributed by atoms with van der Waals surface area (Å²) in [5.74, 6) is 0. The molecule has 0 saturated carbocycles. The highest BCUT2D eigenvalue weighted by atomic mass is 14.9. The lowest BCUT2D eigenvalue weighted by atomic mass is 9.82. The minimum atomic E-state index is 0.339. The van der Waals surface area contributed by atoms with Gasteiger partial charge in [0.05, 0.1) is 6.04 Å². The van der Waals surface area contributed by atoms with E-state index in [4.69, 9.17) is 0 Å². The Balaban J connectivity index is 2.11. The van der Waals surface area contributed by atoms with Crippen molar-refractivity contribution in [2.75, 3.05) is 0 Å². The Morgan fingerprint density at radius 3 is 1.89 bits per heavy atom. The number of rotatable bonds is 2. The molecule has 0 aliphatic heterocycles. The summed E-state index contributed by atoms with van der Waals surface area (Å²) in [6.07, 6.45) is 1.06. The van der Waals surface area contributed by atoms with Crippen molar-refractivity contribution in [2.45, 2.75) is 32.4 Å². The van der Waals surface area contributed by atoms with E-state index in [1.54, 1.807) is 0 Å². The summed E-state index contributed by atoms with van der Waals surface area (Å²) < 4.78 is 0. The molecule has 0 spiro atoms. The number of hydrogen-bond donors (Lipinski definition) is 1. The van der Waals surface area contributed by atoms with Crippen LogP contribution in [0.25, 0.3) is 0 Å². The van der Waals surface area contributed by atoms with E-state index in [-0.39, 0.29) is 0 Å². The van der Waals surface area contributed by atoms with Crippen molar-refractivity contribution in [1.29, 1.82) is 0 Å². The zero-order valence-corrected chi connectivity index (χ0v) is 11.0. The van der Waals surface area contributed by atoms with Gasteiger partial charge in [0.2, 0.25) is 0 Å². The minimum absolute atomic E-state index is 0.339. The second-order valence-corrected chi connectivity index (χ2v) is 5.33. The third kappa shape index (κ3) is 1.95. The van der Waals surface area contributed by atoms with Crippen LogP contribution >= 0.6 is 0 Å². The second-order valence-electron chi connectivity index (χ2n) is 5.33. The first-order chi connectivity index (χ1) is 8.75.